The minimum Gasteiger partial charge on any atom is -0.456 e. The Morgan fingerprint density at radius 2 is 0.965 bits per heavy atom. The second-order valence-corrected chi connectivity index (χ2v) is 14.4. The van der Waals surface area contributed by atoms with E-state index < -0.39 is 0 Å². The molecule has 12 aromatic rings. The van der Waals surface area contributed by atoms with Gasteiger partial charge in [-0.2, -0.15) is 9.97 Å². The molecule has 0 atom stereocenters. The summed E-state index contributed by atoms with van der Waals surface area (Å²) in [4.78, 5) is 15.9. The summed E-state index contributed by atoms with van der Waals surface area (Å²) in [6, 6.07) is 62.6. The molecule has 8 aromatic carbocycles. The van der Waals surface area contributed by atoms with E-state index in [9.17, 15) is 0 Å². The maximum absolute atomic E-state index is 6.57. The molecule has 0 saturated heterocycles. The number of hydrogen-bond acceptors (Lipinski definition) is 5. The maximum Gasteiger partial charge on any atom is 0.238 e. The molecule has 4 heterocycles. The Bertz CT molecular complexity index is 3530. The van der Waals surface area contributed by atoms with E-state index in [1.807, 2.05) is 42.5 Å². The van der Waals surface area contributed by atoms with Crippen LogP contribution in [-0.4, -0.2) is 19.5 Å². The van der Waals surface area contributed by atoms with Crippen LogP contribution in [0.3, 0.4) is 0 Å². The Labute approximate surface area is 325 Å². The summed E-state index contributed by atoms with van der Waals surface area (Å²) in [5.74, 6) is 1.64. The number of fused-ring (bicyclic) bond motifs is 9. The van der Waals surface area contributed by atoms with Crippen molar-refractivity contribution in [2.24, 2.45) is 0 Å². The number of para-hydroxylation sites is 2. The topological polar surface area (TPSA) is 69.9 Å². The summed E-state index contributed by atoms with van der Waals surface area (Å²) in [5, 5.41) is 6.37. The van der Waals surface area contributed by atoms with Gasteiger partial charge in [0.15, 0.2) is 11.6 Å². The molecule has 0 saturated carbocycles. The number of aromatic nitrogens is 4. The Hall–Kier alpha value is -7.83. The van der Waals surface area contributed by atoms with Gasteiger partial charge in [-0.05, 0) is 64.7 Å². The van der Waals surface area contributed by atoms with Crippen molar-refractivity contribution in [2.75, 3.05) is 0 Å². The molecule has 12 rings (SSSR count). The van der Waals surface area contributed by atoms with Gasteiger partial charge >= 0.3 is 0 Å². The van der Waals surface area contributed by atoms with Gasteiger partial charge in [0, 0.05) is 43.4 Å². The highest BCUT2D eigenvalue weighted by atomic mass is 16.3. The predicted octanol–water partition coefficient (Wildman–Crippen LogP) is 13.4. The highest BCUT2D eigenvalue weighted by molar-refractivity contribution is 6.17. The first-order valence-corrected chi connectivity index (χ1v) is 19.0. The molecule has 266 valence electrons. The molecule has 0 radical (unpaired) electrons. The molecule has 57 heavy (non-hydrogen) atoms. The number of hydrogen-bond donors (Lipinski definition) is 0. The highest BCUT2D eigenvalue weighted by Crippen LogP contribution is 2.41. The minimum absolute atomic E-state index is 0.521. The van der Waals surface area contributed by atoms with Crippen LogP contribution in [0.2, 0.25) is 0 Å². The first-order chi connectivity index (χ1) is 28.2. The fraction of sp³-hybridized carbons (Fsp3) is 0. The first-order valence-electron chi connectivity index (χ1n) is 19.0. The minimum atomic E-state index is 0.521. The smallest absolute Gasteiger partial charge is 0.238 e. The molecule has 6 nitrogen and oxygen atoms in total. The fourth-order valence-corrected chi connectivity index (χ4v) is 8.49. The van der Waals surface area contributed by atoms with Crippen LogP contribution in [0.5, 0.6) is 0 Å². The average Bonchev–Trinajstić information content (AvgIpc) is 3.95. The van der Waals surface area contributed by atoms with Crippen LogP contribution in [-0.2, 0) is 0 Å². The molecule has 0 bridgehead atoms. The summed E-state index contributed by atoms with van der Waals surface area (Å²) in [7, 11) is 0. The maximum atomic E-state index is 6.57. The summed E-state index contributed by atoms with van der Waals surface area (Å²) in [5.41, 5.74) is 11.4. The lowest BCUT2D eigenvalue weighted by molar-refractivity contribution is 0.669. The van der Waals surface area contributed by atoms with E-state index in [1.165, 1.54) is 0 Å². The van der Waals surface area contributed by atoms with Crippen molar-refractivity contribution in [1.82, 2.24) is 19.5 Å². The lowest BCUT2D eigenvalue weighted by Crippen LogP contribution is -2.06. The zero-order valence-corrected chi connectivity index (χ0v) is 30.4. The molecule has 0 spiro atoms. The van der Waals surface area contributed by atoms with E-state index in [4.69, 9.17) is 23.8 Å². The molecule has 0 N–H and O–H groups in total. The molecule has 0 aliphatic heterocycles. The zero-order chi connectivity index (χ0) is 37.5. The van der Waals surface area contributed by atoms with Crippen LogP contribution in [0.15, 0.2) is 191 Å². The lowest BCUT2D eigenvalue weighted by atomic mass is 9.99. The number of nitrogens with zero attached hydrogens (tertiary/aromatic N) is 4. The normalized spacial score (nSPS) is 11.9. The Kier molecular flexibility index (Phi) is 6.83. The third-order valence-corrected chi connectivity index (χ3v) is 11.1. The standard InChI is InChI=1S/C51H30N4O2/c1-3-14-31(15-4-1)34-18-7-8-21-38(34)50-52-49(33-26-27-39-46(28-33)57-45-25-13-22-35(48(39)45)32-16-5-2-6-17-32)53-51(54-50)55-42-23-11-9-19-36(42)40-30-47-41(29-43(40)55)37-20-10-12-24-44(37)56-47/h1-30H. The molecule has 0 aliphatic rings. The third kappa shape index (κ3) is 4.94. The van der Waals surface area contributed by atoms with Gasteiger partial charge in [-0.1, -0.05) is 140 Å². The van der Waals surface area contributed by atoms with Crippen molar-refractivity contribution >= 4 is 65.7 Å². The monoisotopic (exact) mass is 730 g/mol. The second-order valence-electron chi connectivity index (χ2n) is 14.4. The number of rotatable bonds is 5. The van der Waals surface area contributed by atoms with Crippen molar-refractivity contribution in [2.45, 2.75) is 0 Å². The third-order valence-electron chi connectivity index (χ3n) is 11.1. The van der Waals surface area contributed by atoms with Crippen molar-refractivity contribution in [3.63, 3.8) is 0 Å². The predicted molar refractivity (Wildman–Crippen MR) is 230 cm³/mol. The van der Waals surface area contributed by atoms with Gasteiger partial charge in [0.2, 0.25) is 5.95 Å². The second kappa shape index (κ2) is 12.3. The van der Waals surface area contributed by atoms with Gasteiger partial charge in [0.25, 0.3) is 0 Å². The van der Waals surface area contributed by atoms with Crippen LogP contribution < -0.4 is 0 Å². The quantitative estimate of drug-likeness (QED) is 0.176. The van der Waals surface area contributed by atoms with Gasteiger partial charge < -0.3 is 8.83 Å². The molecule has 0 amide bonds. The zero-order valence-electron chi connectivity index (χ0n) is 30.4. The molecule has 0 unspecified atom stereocenters. The Morgan fingerprint density at radius 1 is 0.333 bits per heavy atom. The summed E-state index contributed by atoms with van der Waals surface area (Å²) >= 11 is 0. The van der Waals surface area contributed by atoms with E-state index in [-0.39, 0.29) is 0 Å². The summed E-state index contributed by atoms with van der Waals surface area (Å²) < 4.78 is 15.1. The summed E-state index contributed by atoms with van der Waals surface area (Å²) in [6.45, 7) is 0. The van der Waals surface area contributed by atoms with Crippen LogP contribution >= 0.6 is 0 Å². The Balaban J connectivity index is 1.13. The van der Waals surface area contributed by atoms with Crippen molar-refractivity contribution in [3.8, 4) is 51.0 Å². The van der Waals surface area contributed by atoms with Gasteiger partial charge in [-0.3, -0.25) is 4.57 Å². The van der Waals surface area contributed by atoms with Crippen molar-refractivity contribution < 1.29 is 8.83 Å². The molecule has 0 fully saturated rings. The average molecular weight is 731 g/mol. The molecule has 6 heteroatoms. The Morgan fingerprint density at radius 3 is 1.81 bits per heavy atom. The van der Waals surface area contributed by atoms with Crippen LogP contribution in [0.25, 0.3) is 117 Å². The SMILES string of the molecule is c1ccc(-c2ccccc2-c2nc(-c3ccc4c(c3)oc3cccc(-c5ccccc5)c34)nc(-n3c4ccccc4c4cc5oc6ccccc6c5cc43)n2)cc1. The van der Waals surface area contributed by atoms with E-state index in [1.54, 1.807) is 0 Å². The van der Waals surface area contributed by atoms with E-state index in [2.05, 4.69) is 144 Å². The van der Waals surface area contributed by atoms with Gasteiger partial charge in [-0.25, -0.2) is 4.98 Å². The van der Waals surface area contributed by atoms with Crippen molar-refractivity contribution in [1.29, 1.82) is 0 Å². The first kappa shape index (κ1) is 31.5. The van der Waals surface area contributed by atoms with E-state index >= 15 is 0 Å². The van der Waals surface area contributed by atoms with Crippen molar-refractivity contribution in [3.05, 3.63) is 182 Å². The molecular weight excluding hydrogens is 701 g/mol. The number of benzene rings is 8. The van der Waals surface area contributed by atoms with E-state index in [0.717, 1.165) is 99.1 Å². The summed E-state index contributed by atoms with van der Waals surface area (Å²) in [6.07, 6.45) is 0. The number of furan rings is 2. The molecular formula is C51H30N4O2. The van der Waals surface area contributed by atoms with Gasteiger partial charge in [-0.15, -0.1) is 0 Å². The van der Waals surface area contributed by atoms with E-state index in [0.29, 0.717) is 17.6 Å². The molecule has 4 aromatic heterocycles. The lowest BCUT2D eigenvalue weighted by Gasteiger charge is -2.13. The van der Waals surface area contributed by atoms with Gasteiger partial charge in [0.05, 0.1) is 11.0 Å². The van der Waals surface area contributed by atoms with Crippen LogP contribution in [0.1, 0.15) is 0 Å². The van der Waals surface area contributed by atoms with Gasteiger partial charge in [0.1, 0.15) is 22.3 Å². The molecule has 0 aliphatic carbocycles. The highest BCUT2D eigenvalue weighted by Gasteiger charge is 2.22. The van der Waals surface area contributed by atoms with Crippen LogP contribution in [0.4, 0.5) is 0 Å². The van der Waals surface area contributed by atoms with Crippen LogP contribution in [0, 0.1) is 0 Å². The fourth-order valence-electron chi connectivity index (χ4n) is 8.49. The largest absolute Gasteiger partial charge is 0.456 e.